The number of rotatable bonds is 2. The van der Waals surface area contributed by atoms with E-state index >= 15 is 0 Å². The van der Waals surface area contributed by atoms with Gasteiger partial charge in [0.1, 0.15) is 0 Å². The minimum Gasteiger partial charge on any atom is -0.349 e. The van der Waals surface area contributed by atoms with Crippen LogP contribution in [0.5, 0.6) is 0 Å². The highest BCUT2D eigenvalue weighted by Gasteiger charge is 2.34. The standard InChI is InChI=1S/C13H20N4O/c1-8-12(7-17(2)16-8)13(18)15-11-5-9-3-4-10(6-11)14-9/h7,9-11,14H,3-6H2,1-2H3,(H,15,18). The van der Waals surface area contributed by atoms with E-state index in [9.17, 15) is 4.79 Å². The van der Waals surface area contributed by atoms with E-state index in [0.717, 1.165) is 18.5 Å². The van der Waals surface area contributed by atoms with Crippen LogP contribution < -0.4 is 10.6 Å². The Labute approximate surface area is 107 Å². The van der Waals surface area contributed by atoms with Crippen molar-refractivity contribution in [2.45, 2.75) is 50.7 Å². The average molecular weight is 248 g/mol. The third-order valence-corrected chi connectivity index (χ3v) is 4.07. The van der Waals surface area contributed by atoms with Crippen LogP contribution in [-0.2, 0) is 7.05 Å². The monoisotopic (exact) mass is 248 g/mol. The van der Waals surface area contributed by atoms with Gasteiger partial charge in [0.2, 0.25) is 0 Å². The Balaban J connectivity index is 1.66. The molecule has 2 aliphatic rings. The molecule has 1 aromatic rings. The van der Waals surface area contributed by atoms with E-state index in [2.05, 4.69) is 15.7 Å². The first kappa shape index (κ1) is 11.7. The molecule has 2 atom stereocenters. The molecule has 98 valence electrons. The Hall–Kier alpha value is -1.36. The van der Waals surface area contributed by atoms with E-state index in [0.29, 0.717) is 23.7 Å². The molecule has 2 unspecified atom stereocenters. The van der Waals surface area contributed by atoms with Gasteiger partial charge in [0.25, 0.3) is 5.91 Å². The van der Waals surface area contributed by atoms with E-state index in [1.807, 2.05) is 14.0 Å². The van der Waals surface area contributed by atoms with Crippen LogP contribution in [0.15, 0.2) is 6.20 Å². The minimum atomic E-state index is 0.0203. The fourth-order valence-corrected chi connectivity index (χ4v) is 3.26. The average Bonchev–Trinajstić information content (AvgIpc) is 2.81. The Morgan fingerprint density at radius 2 is 2.11 bits per heavy atom. The van der Waals surface area contributed by atoms with Crippen LogP contribution in [0.4, 0.5) is 0 Å². The smallest absolute Gasteiger partial charge is 0.254 e. The zero-order valence-electron chi connectivity index (χ0n) is 10.9. The molecular formula is C13H20N4O. The lowest BCUT2D eigenvalue weighted by atomic mass is 9.99. The van der Waals surface area contributed by atoms with Crippen molar-refractivity contribution in [3.8, 4) is 0 Å². The summed E-state index contributed by atoms with van der Waals surface area (Å²) in [6, 6.07) is 1.52. The molecule has 0 aliphatic carbocycles. The molecule has 2 N–H and O–H groups in total. The maximum absolute atomic E-state index is 12.2. The van der Waals surface area contributed by atoms with Gasteiger partial charge < -0.3 is 10.6 Å². The van der Waals surface area contributed by atoms with E-state index in [1.54, 1.807) is 10.9 Å². The topological polar surface area (TPSA) is 59.0 Å². The summed E-state index contributed by atoms with van der Waals surface area (Å²) in [5.74, 6) is 0.0203. The Bertz CT molecular complexity index is 456. The molecule has 3 heterocycles. The highest BCUT2D eigenvalue weighted by Crippen LogP contribution is 2.26. The molecule has 2 fully saturated rings. The van der Waals surface area contributed by atoms with Gasteiger partial charge in [0, 0.05) is 31.4 Å². The molecule has 1 amide bonds. The number of aryl methyl sites for hydroxylation is 2. The number of nitrogens with one attached hydrogen (secondary N) is 2. The van der Waals surface area contributed by atoms with Crippen molar-refractivity contribution in [1.82, 2.24) is 20.4 Å². The summed E-state index contributed by atoms with van der Waals surface area (Å²) in [5.41, 5.74) is 1.50. The van der Waals surface area contributed by atoms with Crippen molar-refractivity contribution in [2.24, 2.45) is 7.05 Å². The Kier molecular flexibility index (Phi) is 2.86. The molecule has 18 heavy (non-hydrogen) atoms. The van der Waals surface area contributed by atoms with Crippen LogP contribution in [0.3, 0.4) is 0 Å². The second-order valence-electron chi connectivity index (χ2n) is 5.58. The summed E-state index contributed by atoms with van der Waals surface area (Å²) >= 11 is 0. The SMILES string of the molecule is Cc1nn(C)cc1C(=O)NC1CC2CCC(C1)N2. The summed E-state index contributed by atoms with van der Waals surface area (Å²) in [4.78, 5) is 12.2. The van der Waals surface area contributed by atoms with Gasteiger partial charge in [-0.1, -0.05) is 0 Å². The quantitative estimate of drug-likeness (QED) is 0.811. The Morgan fingerprint density at radius 3 is 2.67 bits per heavy atom. The zero-order chi connectivity index (χ0) is 12.7. The second-order valence-corrected chi connectivity index (χ2v) is 5.58. The van der Waals surface area contributed by atoms with Gasteiger partial charge in [0.05, 0.1) is 11.3 Å². The van der Waals surface area contributed by atoms with Gasteiger partial charge in [0.15, 0.2) is 0 Å². The van der Waals surface area contributed by atoms with E-state index < -0.39 is 0 Å². The molecule has 0 radical (unpaired) electrons. The van der Waals surface area contributed by atoms with Crippen LogP contribution in [0, 0.1) is 6.92 Å². The molecule has 0 saturated carbocycles. The lowest BCUT2D eigenvalue weighted by molar-refractivity contribution is 0.0923. The van der Waals surface area contributed by atoms with Gasteiger partial charge in [-0.15, -0.1) is 0 Å². The molecular weight excluding hydrogens is 228 g/mol. The molecule has 1 aromatic heterocycles. The highest BCUT2D eigenvalue weighted by molar-refractivity contribution is 5.95. The molecule has 5 heteroatoms. The van der Waals surface area contributed by atoms with E-state index in [1.165, 1.54) is 12.8 Å². The number of carbonyl (C=O) groups excluding carboxylic acids is 1. The summed E-state index contributed by atoms with van der Waals surface area (Å²) in [5, 5.41) is 10.9. The Morgan fingerprint density at radius 1 is 1.44 bits per heavy atom. The molecule has 2 aliphatic heterocycles. The number of amides is 1. The van der Waals surface area contributed by atoms with Crippen molar-refractivity contribution in [1.29, 1.82) is 0 Å². The van der Waals surface area contributed by atoms with E-state index in [4.69, 9.17) is 0 Å². The third kappa shape index (κ3) is 2.14. The number of fused-ring (bicyclic) bond motifs is 2. The van der Waals surface area contributed by atoms with Crippen molar-refractivity contribution < 1.29 is 4.79 Å². The number of hydrogen-bond donors (Lipinski definition) is 2. The van der Waals surface area contributed by atoms with Gasteiger partial charge in [-0.25, -0.2) is 0 Å². The number of aromatic nitrogens is 2. The van der Waals surface area contributed by atoms with Crippen molar-refractivity contribution in [2.75, 3.05) is 0 Å². The summed E-state index contributed by atoms with van der Waals surface area (Å²) in [6.07, 6.45) is 6.41. The number of hydrogen-bond acceptors (Lipinski definition) is 3. The first-order chi connectivity index (χ1) is 8.61. The first-order valence-electron chi connectivity index (χ1n) is 6.69. The lowest BCUT2D eigenvalue weighted by Gasteiger charge is -2.29. The fourth-order valence-electron chi connectivity index (χ4n) is 3.26. The van der Waals surface area contributed by atoms with Crippen molar-refractivity contribution in [3.05, 3.63) is 17.5 Å². The maximum Gasteiger partial charge on any atom is 0.254 e. The van der Waals surface area contributed by atoms with E-state index in [-0.39, 0.29) is 5.91 Å². The molecule has 0 spiro atoms. The van der Waals surface area contributed by atoms with Crippen LogP contribution in [0.25, 0.3) is 0 Å². The minimum absolute atomic E-state index is 0.0203. The second kappa shape index (κ2) is 4.39. The predicted molar refractivity (Wildman–Crippen MR) is 68.4 cm³/mol. The van der Waals surface area contributed by atoms with Crippen molar-refractivity contribution >= 4 is 5.91 Å². The van der Waals surface area contributed by atoms with Gasteiger partial charge >= 0.3 is 0 Å². The summed E-state index contributed by atoms with van der Waals surface area (Å²) in [7, 11) is 1.84. The predicted octanol–water partition coefficient (Wildman–Crippen LogP) is 0.741. The van der Waals surface area contributed by atoms with Crippen LogP contribution in [0.1, 0.15) is 41.7 Å². The van der Waals surface area contributed by atoms with Gasteiger partial charge in [-0.3, -0.25) is 9.48 Å². The molecule has 5 nitrogen and oxygen atoms in total. The summed E-state index contributed by atoms with van der Waals surface area (Å²) in [6.45, 7) is 1.88. The van der Waals surface area contributed by atoms with Gasteiger partial charge in [-0.2, -0.15) is 5.10 Å². The zero-order valence-corrected chi connectivity index (χ0v) is 10.9. The number of piperidine rings is 1. The summed E-state index contributed by atoms with van der Waals surface area (Å²) < 4.78 is 1.69. The van der Waals surface area contributed by atoms with Gasteiger partial charge in [-0.05, 0) is 32.6 Å². The number of nitrogens with zero attached hydrogens (tertiary/aromatic N) is 2. The van der Waals surface area contributed by atoms with Crippen LogP contribution in [-0.4, -0.2) is 33.8 Å². The molecule has 2 bridgehead atoms. The molecule has 2 saturated heterocycles. The molecule has 0 aromatic carbocycles. The largest absolute Gasteiger partial charge is 0.349 e. The lowest BCUT2D eigenvalue weighted by Crippen LogP contribution is -2.48. The number of carbonyl (C=O) groups is 1. The third-order valence-electron chi connectivity index (χ3n) is 4.07. The van der Waals surface area contributed by atoms with Crippen LogP contribution >= 0.6 is 0 Å². The first-order valence-corrected chi connectivity index (χ1v) is 6.69. The fraction of sp³-hybridized carbons (Fsp3) is 0.692. The highest BCUT2D eigenvalue weighted by atomic mass is 16.1. The van der Waals surface area contributed by atoms with Crippen LogP contribution in [0.2, 0.25) is 0 Å². The normalized spacial score (nSPS) is 30.4. The maximum atomic E-state index is 12.2. The molecule has 3 rings (SSSR count). The van der Waals surface area contributed by atoms with Crippen molar-refractivity contribution in [3.63, 3.8) is 0 Å².